The van der Waals surface area contributed by atoms with Crippen LogP contribution in [0.3, 0.4) is 0 Å². The maximum absolute atomic E-state index is 13.4. The molecule has 2 N–H and O–H groups in total. The van der Waals surface area contributed by atoms with Gasteiger partial charge in [-0.1, -0.05) is 0 Å². The summed E-state index contributed by atoms with van der Waals surface area (Å²) >= 11 is 0. The third-order valence-electron chi connectivity index (χ3n) is 3.87. The second-order valence-corrected chi connectivity index (χ2v) is 5.89. The lowest BCUT2D eigenvalue weighted by Crippen LogP contribution is -2.45. The van der Waals surface area contributed by atoms with Gasteiger partial charge < -0.3 is 10.4 Å². The van der Waals surface area contributed by atoms with Gasteiger partial charge in [0.2, 0.25) is 0 Å². The van der Waals surface area contributed by atoms with Gasteiger partial charge in [-0.3, -0.25) is 4.90 Å². The van der Waals surface area contributed by atoms with Crippen LogP contribution < -0.4 is 5.32 Å². The van der Waals surface area contributed by atoms with Crippen molar-refractivity contribution < 1.29 is 9.50 Å². The van der Waals surface area contributed by atoms with E-state index >= 15 is 0 Å². The van der Waals surface area contributed by atoms with Gasteiger partial charge in [-0.05, 0) is 51.0 Å². The van der Waals surface area contributed by atoms with Crippen molar-refractivity contribution in [1.29, 1.82) is 0 Å². The van der Waals surface area contributed by atoms with Gasteiger partial charge in [-0.25, -0.2) is 4.39 Å². The number of hydrogen-bond acceptors (Lipinski definition) is 3. The molecule has 0 saturated carbocycles. The summed E-state index contributed by atoms with van der Waals surface area (Å²) in [4.78, 5) is 2.33. The van der Waals surface area contributed by atoms with Crippen LogP contribution in [0.1, 0.15) is 25.8 Å². The number of aryl methyl sites for hydroxylation is 1. The number of rotatable bonds is 4. The molecular formula is C15H23FN2O. The van der Waals surface area contributed by atoms with Crippen LogP contribution in [0.25, 0.3) is 0 Å². The third-order valence-corrected chi connectivity index (χ3v) is 3.87. The van der Waals surface area contributed by atoms with Crippen molar-refractivity contribution in [2.75, 3.05) is 25.0 Å². The molecule has 0 bridgehead atoms. The van der Waals surface area contributed by atoms with Crippen LogP contribution in [0.15, 0.2) is 18.2 Å². The Hall–Kier alpha value is -1.13. The molecule has 0 aliphatic carbocycles. The molecule has 1 aliphatic heterocycles. The molecule has 19 heavy (non-hydrogen) atoms. The first-order valence-corrected chi connectivity index (χ1v) is 6.84. The van der Waals surface area contributed by atoms with Crippen LogP contribution >= 0.6 is 0 Å². The minimum absolute atomic E-state index is 0.0613. The fraction of sp³-hybridized carbons (Fsp3) is 0.600. The van der Waals surface area contributed by atoms with Gasteiger partial charge in [-0.2, -0.15) is 0 Å². The summed E-state index contributed by atoms with van der Waals surface area (Å²) in [6.07, 6.45) is 0.872. The lowest BCUT2D eigenvalue weighted by atomic mass is 9.99. The third kappa shape index (κ3) is 3.25. The Morgan fingerprint density at radius 1 is 1.42 bits per heavy atom. The van der Waals surface area contributed by atoms with Crippen LogP contribution in [0, 0.1) is 12.7 Å². The largest absolute Gasteiger partial charge is 0.394 e. The van der Waals surface area contributed by atoms with Crippen LogP contribution in [-0.4, -0.2) is 41.3 Å². The second kappa shape index (κ2) is 5.47. The number of nitrogens with zero attached hydrogens (tertiary/aromatic N) is 1. The summed E-state index contributed by atoms with van der Waals surface area (Å²) in [6, 6.07) is 5.37. The Kier molecular flexibility index (Phi) is 4.11. The van der Waals surface area contributed by atoms with E-state index in [-0.39, 0.29) is 18.0 Å². The summed E-state index contributed by atoms with van der Waals surface area (Å²) in [6.45, 7) is 7.98. The first-order chi connectivity index (χ1) is 8.94. The fourth-order valence-corrected chi connectivity index (χ4v) is 2.73. The van der Waals surface area contributed by atoms with Crippen molar-refractivity contribution in [1.82, 2.24) is 4.90 Å². The van der Waals surface area contributed by atoms with E-state index in [2.05, 4.69) is 24.1 Å². The van der Waals surface area contributed by atoms with Crippen LogP contribution in [0.2, 0.25) is 0 Å². The number of aliphatic hydroxyl groups is 1. The van der Waals surface area contributed by atoms with Crippen molar-refractivity contribution in [2.24, 2.45) is 0 Å². The molecule has 3 nitrogen and oxygen atoms in total. The van der Waals surface area contributed by atoms with E-state index in [1.54, 1.807) is 0 Å². The average Bonchev–Trinajstić information content (AvgIpc) is 2.73. The summed E-state index contributed by atoms with van der Waals surface area (Å²) in [5.41, 5.74) is 1.27. The van der Waals surface area contributed by atoms with Crippen molar-refractivity contribution >= 4 is 5.69 Å². The average molecular weight is 266 g/mol. The van der Waals surface area contributed by atoms with Gasteiger partial charge in [-0.15, -0.1) is 0 Å². The maximum Gasteiger partial charge on any atom is 0.125 e. The maximum atomic E-state index is 13.4. The first kappa shape index (κ1) is 14.3. The van der Waals surface area contributed by atoms with Crippen LogP contribution in [0.5, 0.6) is 0 Å². The molecule has 0 radical (unpaired) electrons. The molecule has 2 rings (SSSR count). The molecule has 0 amide bonds. The van der Waals surface area contributed by atoms with Gasteiger partial charge in [0.1, 0.15) is 5.82 Å². The molecule has 106 valence electrons. The van der Waals surface area contributed by atoms with E-state index in [1.807, 2.05) is 13.0 Å². The monoisotopic (exact) mass is 266 g/mol. The lowest BCUT2D eigenvalue weighted by Gasteiger charge is -2.31. The Morgan fingerprint density at radius 3 is 2.68 bits per heavy atom. The van der Waals surface area contributed by atoms with Gasteiger partial charge in [0.15, 0.2) is 0 Å². The molecular weight excluding hydrogens is 243 g/mol. The van der Waals surface area contributed by atoms with E-state index in [0.29, 0.717) is 6.04 Å². The zero-order valence-electron chi connectivity index (χ0n) is 11.9. The molecule has 0 spiro atoms. The second-order valence-electron chi connectivity index (χ2n) is 5.89. The highest BCUT2D eigenvalue weighted by Gasteiger charge is 2.38. The Labute approximate surface area is 114 Å². The predicted molar refractivity (Wildman–Crippen MR) is 75.9 cm³/mol. The van der Waals surface area contributed by atoms with E-state index in [1.165, 1.54) is 12.1 Å². The van der Waals surface area contributed by atoms with Crippen LogP contribution in [0.4, 0.5) is 10.1 Å². The number of aliphatic hydroxyl groups excluding tert-OH is 1. The quantitative estimate of drug-likeness (QED) is 0.878. The molecule has 4 heteroatoms. The number of benzene rings is 1. The molecule has 1 fully saturated rings. The minimum Gasteiger partial charge on any atom is -0.394 e. The molecule has 1 aromatic rings. The zero-order valence-corrected chi connectivity index (χ0v) is 11.9. The molecule has 1 aromatic carbocycles. The van der Waals surface area contributed by atoms with Gasteiger partial charge in [0, 0.05) is 24.8 Å². The van der Waals surface area contributed by atoms with Gasteiger partial charge in [0.05, 0.1) is 12.1 Å². The summed E-state index contributed by atoms with van der Waals surface area (Å²) in [5.74, 6) is -0.241. The Morgan fingerprint density at radius 2 is 2.16 bits per heavy atom. The number of halogens is 1. The van der Waals surface area contributed by atoms with Crippen molar-refractivity contribution in [3.63, 3.8) is 0 Å². The number of anilines is 1. The van der Waals surface area contributed by atoms with Crippen molar-refractivity contribution in [3.05, 3.63) is 29.6 Å². The van der Waals surface area contributed by atoms with Crippen molar-refractivity contribution in [3.8, 4) is 0 Å². The molecule has 1 heterocycles. The van der Waals surface area contributed by atoms with Crippen LogP contribution in [-0.2, 0) is 0 Å². The first-order valence-electron chi connectivity index (χ1n) is 6.84. The lowest BCUT2D eigenvalue weighted by molar-refractivity contribution is 0.196. The number of likely N-dealkylation sites (tertiary alicyclic amines) is 1. The molecule has 0 aromatic heterocycles. The molecule has 1 aliphatic rings. The molecule has 1 saturated heterocycles. The van der Waals surface area contributed by atoms with Gasteiger partial charge >= 0.3 is 0 Å². The minimum atomic E-state index is -0.357. The van der Waals surface area contributed by atoms with Crippen molar-refractivity contribution in [2.45, 2.75) is 38.8 Å². The number of nitrogens with one attached hydrogen (secondary N) is 1. The smallest absolute Gasteiger partial charge is 0.125 e. The predicted octanol–water partition coefficient (Wildman–Crippen LogP) is 2.39. The van der Waals surface area contributed by atoms with E-state index in [0.717, 1.165) is 30.8 Å². The number of hydrogen-bond donors (Lipinski definition) is 2. The summed E-state index contributed by atoms with van der Waals surface area (Å²) in [7, 11) is 0. The molecule has 1 unspecified atom stereocenters. The highest BCUT2D eigenvalue weighted by molar-refractivity contribution is 5.48. The topological polar surface area (TPSA) is 35.5 Å². The SMILES string of the molecule is Cc1cc(F)cc(NC2(CO)CCN(C(C)C)C2)c1. The zero-order chi connectivity index (χ0) is 14.0. The van der Waals surface area contributed by atoms with E-state index < -0.39 is 0 Å². The summed E-state index contributed by atoms with van der Waals surface area (Å²) < 4.78 is 13.4. The Balaban J connectivity index is 2.15. The van der Waals surface area contributed by atoms with E-state index in [4.69, 9.17) is 0 Å². The Bertz CT molecular complexity index is 430. The fourth-order valence-electron chi connectivity index (χ4n) is 2.73. The highest BCUT2D eigenvalue weighted by Crippen LogP contribution is 2.28. The molecule has 1 atom stereocenters. The highest BCUT2D eigenvalue weighted by atomic mass is 19.1. The van der Waals surface area contributed by atoms with E-state index in [9.17, 15) is 9.50 Å². The summed E-state index contributed by atoms with van der Waals surface area (Å²) in [5, 5.41) is 13.1. The standard InChI is InChI=1S/C15H23FN2O/c1-11(2)18-5-4-15(9-18,10-19)17-14-7-12(3)6-13(16)8-14/h6-8,11,17,19H,4-5,9-10H2,1-3H3. The normalized spacial score (nSPS) is 24.1. The van der Waals surface area contributed by atoms with Gasteiger partial charge in [0.25, 0.3) is 0 Å².